The van der Waals surface area contributed by atoms with Gasteiger partial charge in [-0.2, -0.15) is 0 Å². The number of hydrogen-bond acceptors (Lipinski definition) is 6. The number of carbonyl (C=O) groups is 2. The van der Waals surface area contributed by atoms with Gasteiger partial charge in [0.25, 0.3) is 0 Å². The van der Waals surface area contributed by atoms with Gasteiger partial charge in [0.1, 0.15) is 5.75 Å². The maximum Gasteiger partial charge on any atom is 0.363 e. The molecule has 6 heteroatoms. The molecule has 1 aromatic carbocycles. The van der Waals surface area contributed by atoms with E-state index in [0.717, 1.165) is 5.56 Å². The molecule has 0 atom stereocenters. The number of benzene rings is 1. The molecule has 0 spiro atoms. The molecule has 1 aromatic rings. The summed E-state index contributed by atoms with van der Waals surface area (Å²) in [5.41, 5.74) is 0.484. The molecule has 0 fully saturated rings. The number of esters is 2. The zero-order valence-corrected chi connectivity index (χ0v) is 13.6. The molecule has 0 amide bonds. The first-order valence-corrected chi connectivity index (χ1v) is 7.15. The van der Waals surface area contributed by atoms with Crippen molar-refractivity contribution in [1.82, 2.24) is 0 Å². The minimum atomic E-state index is -0.562. The molecule has 0 N–H and O–H groups in total. The van der Waals surface area contributed by atoms with E-state index in [2.05, 4.69) is 4.99 Å². The van der Waals surface area contributed by atoms with Crippen LogP contribution in [-0.2, 0) is 19.1 Å². The van der Waals surface area contributed by atoms with Gasteiger partial charge in [-0.25, -0.2) is 9.79 Å². The Balaban J connectivity index is 1.92. The molecule has 6 nitrogen and oxygen atoms in total. The molecule has 0 aliphatic carbocycles. The second-order valence-corrected chi connectivity index (χ2v) is 6.06. The lowest BCUT2D eigenvalue weighted by molar-refractivity contribution is -0.159. The molecule has 0 saturated carbocycles. The summed E-state index contributed by atoms with van der Waals surface area (Å²) in [4.78, 5) is 27.1. The van der Waals surface area contributed by atoms with Crippen molar-refractivity contribution in [2.24, 2.45) is 10.4 Å². The van der Waals surface area contributed by atoms with Crippen molar-refractivity contribution in [3.63, 3.8) is 0 Å². The second kappa shape index (κ2) is 6.64. The molecule has 23 heavy (non-hydrogen) atoms. The van der Waals surface area contributed by atoms with Gasteiger partial charge in [-0.05, 0) is 44.5 Å². The summed E-state index contributed by atoms with van der Waals surface area (Å²) < 4.78 is 15.2. The lowest BCUT2D eigenvalue weighted by Gasteiger charge is -2.16. The van der Waals surface area contributed by atoms with Crippen molar-refractivity contribution in [1.29, 1.82) is 0 Å². The lowest BCUT2D eigenvalue weighted by Crippen LogP contribution is -2.24. The molecule has 1 aliphatic heterocycles. The van der Waals surface area contributed by atoms with E-state index in [1.54, 1.807) is 58.0 Å². The van der Waals surface area contributed by atoms with Gasteiger partial charge in [-0.15, -0.1) is 0 Å². The minimum absolute atomic E-state index is 0.146. The number of ether oxygens (including phenoxy) is 3. The van der Waals surface area contributed by atoms with Crippen molar-refractivity contribution >= 4 is 23.9 Å². The summed E-state index contributed by atoms with van der Waals surface area (Å²) in [7, 11) is 0. The number of rotatable bonds is 4. The van der Waals surface area contributed by atoms with Crippen molar-refractivity contribution in [3.05, 3.63) is 35.5 Å². The van der Waals surface area contributed by atoms with Crippen LogP contribution in [0.15, 0.2) is 35.0 Å². The van der Waals surface area contributed by atoms with Crippen LogP contribution in [0.5, 0.6) is 5.75 Å². The van der Waals surface area contributed by atoms with Gasteiger partial charge in [-0.1, -0.05) is 12.1 Å². The largest absolute Gasteiger partial charge is 0.457 e. The van der Waals surface area contributed by atoms with Gasteiger partial charge in [0, 0.05) is 6.92 Å². The highest BCUT2D eigenvalue weighted by molar-refractivity contribution is 6.06. The zero-order chi connectivity index (χ0) is 17.0. The van der Waals surface area contributed by atoms with Gasteiger partial charge in [0.05, 0.1) is 5.41 Å². The average molecular weight is 317 g/mol. The maximum absolute atomic E-state index is 11.6. The number of aliphatic imine (C=N–C) groups is 1. The third-order valence-corrected chi connectivity index (χ3v) is 2.94. The van der Waals surface area contributed by atoms with Gasteiger partial charge in [-0.3, -0.25) is 4.79 Å². The lowest BCUT2D eigenvalue weighted by atomic mass is 9.98. The number of nitrogens with zero attached hydrogens (tertiary/aromatic N) is 1. The Bertz CT molecular complexity index is 665. The maximum atomic E-state index is 11.6. The Labute approximate surface area is 134 Å². The third kappa shape index (κ3) is 4.67. The molecule has 0 bridgehead atoms. The van der Waals surface area contributed by atoms with Gasteiger partial charge in [0.15, 0.2) is 11.6 Å². The highest BCUT2D eigenvalue weighted by Gasteiger charge is 2.23. The first-order chi connectivity index (χ1) is 10.8. The number of cyclic esters (lactones) is 1. The average Bonchev–Trinajstić information content (AvgIpc) is 2.77. The van der Waals surface area contributed by atoms with E-state index in [4.69, 9.17) is 14.2 Å². The first-order valence-electron chi connectivity index (χ1n) is 7.15. The molecule has 0 aromatic heterocycles. The van der Waals surface area contributed by atoms with Crippen molar-refractivity contribution in [3.8, 4) is 5.75 Å². The Kier molecular flexibility index (Phi) is 4.83. The van der Waals surface area contributed by atoms with E-state index < -0.39 is 11.4 Å². The third-order valence-electron chi connectivity index (χ3n) is 2.94. The molecule has 0 radical (unpaired) electrons. The van der Waals surface area contributed by atoms with Gasteiger partial charge >= 0.3 is 11.9 Å². The van der Waals surface area contributed by atoms with Crippen LogP contribution >= 0.6 is 0 Å². The number of hydrogen-bond donors (Lipinski definition) is 0. The highest BCUT2D eigenvalue weighted by Crippen LogP contribution is 2.19. The highest BCUT2D eigenvalue weighted by atomic mass is 16.7. The summed E-state index contributed by atoms with van der Waals surface area (Å²) in [6, 6.07) is 6.97. The standard InChI is InChI=1S/C17H19NO5/c1-11-18-14(15(19)23-11)9-12-5-7-13(8-6-12)21-10-22-16(20)17(2,3)4/h5-9H,10H2,1-4H3/b14-9+. The van der Waals surface area contributed by atoms with Crippen LogP contribution < -0.4 is 4.74 Å². The quantitative estimate of drug-likeness (QED) is 0.485. The molecule has 2 rings (SSSR count). The van der Waals surface area contributed by atoms with Crippen molar-refractivity contribution < 1.29 is 23.8 Å². The van der Waals surface area contributed by atoms with E-state index in [1.165, 1.54) is 0 Å². The zero-order valence-electron chi connectivity index (χ0n) is 13.6. The van der Waals surface area contributed by atoms with E-state index in [9.17, 15) is 9.59 Å². The Morgan fingerprint density at radius 3 is 2.43 bits per heavy atom. The van der Waals surface area contributed by atoms with Crippen molar-refractivity contribution in [2.45, 2.75) is 27.7 Å². The van der Waals surface area contributed by atoms with Gasteiger partial charge in [0.2, 0.25) is 6.79 Å². The predicted octanol–water partition coefficient (Wildman–Crippen LogP) is 2.93. The fourth-order valence-corrected chi connectivity index (χ4v) is 1.70. The van der Waals surface area contributed by atoms with E-state index in [1.807, 2.05) is 0 Å². The van der Waals surface area contributed by atoms with Crippen LogP contribution in [0.2, 0.25) is 0 Å². The van der Waals surface area contributed by atoms with Crippen LogP contribution in [0, 0.1) is 5.41 Å². The predicted molar refractivity (Wildman–Crippen MR) is 84.7 cm³/mol. The van der Waals surface area contributed by atoms with Crippen LogP contribution in [0.25, 0.3) is 6.08 Å². The topological polar surface area (TPSA) is 74.2 Å². The van der Waals surface area contributed by atoms with Crippen molar-refractivity contribution in [2.75, 3.05) is 6.79 Å². The monoisotopic (exact) mass is 317 g/mol. The van der Waals surface area contributed by atoms with Crippen LogP contribution in [-0.4, -0.2) is 24.6 Å². The Morgan fingerprint density at radius 2 is 1.91 bits per heavy atom. The summed E-state index contributed by atoms with van der Waals surface area (Å²) in [5, 5.41) is 0. The molecular weight excluding hydrogens is 298 g/mol. The molecule has 1 aliphatic rings. The second-order valence-electron chi connectivity index (χ2n) is 6.06. The Hall–Kier alpha value is -2.63. The van der Waals surface area contributed by atoms with Crippen LogP contribution in [0.1, 0.15) is 33.3 Å². The Morgan fingerprint density at radius 1 is 1.26 bits per heavy atom. The molecule has 0 unspecified atom stereocenters. The summed E-state index contributed by atoms with van der Waals surface area (Å²) in [5.74, 6) is 0.105. The van der Waals surface area contributed by atoms with Crippen LogP contribution in [0.4, 0.5) is 0 Å². The normalized spacial score (nSPS) is 16.1. The SMILES string of the molecule is CC1=N/C(=C/c2ccc(OCOC(=O)C(C)(C)C)cc2)C(=O)O1. The number of carbonyl (C=O) groups excluding carboxylic acids is 2. The van der Waals surface area contributed by atoms with Gasteiger partial charge < -0.3 is 14.2 Å². The van der Waals surface area contributed by atoms with E-state index >= 15 is 0 Å². The fourth-order valence-electron chi connectivity index (χ4n) is 1.70. The molecule has 0 saturated heterocycles. The molecule has 1 heterocycles. The molecular formula is C17H19NO5. The smallest absolute Gasteiger partial charge is 0.363 e. The molecule has 122 valence electrons. The first kappa shape index (κ1) is 16.7. The minimum Gasteiger partial charge on any atom is -0.457 e. The summed E-state index contributed by atoms with van der Waals surface area (Å²) in [6.45, 7) is 6.79. The van der Waals surface area contributed by atoms with E-state index in [-0.39, 0.29) is 18.5 Å². The van der Waals surface area contributed by atoms with E-state index in [0.29, 0.717) is 11.6 Å². The fraction of sp³-hybridized carbons (Fsp3) is 0.353. The summed E-state index contributed by atoms with van der Waals surface area (Å²) in [6.07, 6.45) is 1.63. The summed E-state index contributed by atoms with van der Waals surface area (Å²) >= 11 is 0. The van der Waals surface area contributed by atoms with Crippen LogP contribution in [0.3, 0.4) is 0 Å².